The Balaban J connectivity index is 0.000000112. The van der Waals surface area contributed by atoms with E-state index in [2.05, 4.69) is 25.4 Å². The summed E-state index contributed by atoms with van der Waals surface area (Å²) in [6.45, 7) is 0. The third kappa shape index (κ3) is 2.99. The quantitative estimate of drug-likeness (QED) is 0.487. The van der Waals surface area contributed by atoms with Crippen LogP contribution in [0.15, 0.2) is 24.8 Å². The van der Waals surface area contributed by atoms with Gasteiger partial charge in [-0.05, 0) is 0 Å². The fraction of sp³-hybridized carbons (Fsp3) is 0. The highest BCUT2D eigenvalue weighted by molar-refractivity contribution is 5.11. The lowest BCUT2D eigenvalue weighted by atomic mass is 11.0. The van der Waals surface area contributed by atoms with Crippen LogP contribution >= 0.6 is 0 Å². The molecule has 0 aliphatic rings. The normalized spacial score (nSPS) is 8.36. The number of anilines is 1. The minimum Gasteiger partial charge on any atom is -0.369 e. The fourth-order valence-corrected chi connectivity index (χ4v) is 0.444. The van der Waals surface area contributed by atoms with Crippen LogP contribution in [0.3, 0.4) is 0 Å². The molecule has 0 radical (unpaired) electrons. The van der Waals surface area contributed by atoms with Crippen LogP contribution in [0.5, 0.6) is 0 Å². The lowest BCUT2D eigenvalue weighted by molar-refractivity contribution is 0.940. The maximum Gasteiger partial charge on any atom is 0.197 e. The predicted molar refractivity (Wildman–Crippen MR) is 39.4 cm³/mol. The first-order valence-electron chi connectivity index (χ1n) is 2.95. The molecule has 2 aromatic rings. The van der Waals surface area contributed by atoms with E-state index in [-0.39, 0.29) is 0 Å². The van der Waals surface area contributed by atoms with Gasteiger partial charge in [0.2, 0.25) is 0 Å². The number of imidazole rings is 1. The summed E-state index contributed by atoms with van der Waals surface area (Å²) in [5.74, 6) is 0.468. The van der Waals surface area contributed by atoms with Crippen LogP contribution < -0.4 is 5.73 Å². The maximum atomic E-state index is 5.11. The molecule has 58 valence electrons. The molecule has 0 unspecified atom stereocenters. The summed E-state index contributed by atoms with van der Waals surface area (Å²) in [6.07, 6.45) is 6.52. The molecule has 0 aliphatic heterocycles. The number of aromatic amines is 2. The standard InChI is InChI=1S/C3H5N3.C2H3N3/c4-3-5-1-2-6-3;1-2-4-5-3-1/h1-2H,(H3,4,5,6);1-2H,(H,3,4,5). The molecule has 2 heterocycles. The number of nitrogen functional groups attached to an aromatic ring is 1. The van der Waals surface area contributed by atoms with Gasteiger partial charge in [-0.3, -0.25) is 5.10 Å². The molecule has 0 bridgehead atoms. The van der Waals surface area contributed by atoms with Crippen LogP contribution in [0, 0.1) is 0 Å². The van der Waals surface area contributed by atoms with Gasteiger partial charge in [0, 0.05) is 18.6 Å². The Morgan fingerprint density at radius 3 is 2.36 bits per heavy atom. The van der Waals surface area contributed by atoms with Crippen molar-refractivity contribution < 1.29 is 0 Å². The molecule has 0 amide bonds. The Hall–Kier alpha value is -1.85. The van der Waals surface area contributed by atoms with Gasteiger partial charge in [-0.25, -0.2) is 4.98 Å². The topological polar surface area (TPSA) is 96.3 Å². The van der Waals surface area contributed by atoms with Crippen molar-refractivity contribution in [3.8, 4) is 0 Å². The molecular weight excluding hydrogens is 144 g/mol. The van der Waals surface area contributed by atoms with Gasteiger partial charge >= 0.3 is 0 Å². The van der Waals surface area contributed by atoms with Crippen molar-refractivity contribution >= 4 is 5.95 Å². The number of nitrogens with one attached hydrogen (secondary N) is 2. The lowest BCUT2D eigenvalue weighted by Gasteiger charge is -1.70. The Morgan fingerprint density at radius 1 is 1.27 bits per heavy atom. The van der Waals surface area contributed by atoms with Crippen molar-refractivity contribution in [2.45, 2.75) is 0 Å². The molecule has 2 aromatic heterocycles. The van der Waals surface area contributed by atoms with E-state index in [4.69, 9.17) is 5.73 Å². The van der Waals surface area contributed by atoms with Gasteiger partial charge in [0.15, 0.2) is 5.95 Å². The second kappa shape index (κ2) is 4.04. The summed E-state index contributed by atoms with van der Waals surface area (Å²) in [7, 11) is 0. The van der Waals surface area contributed by atoms with Gasteiger partial charge in [-0.1, -0.05) is 5.21 Å². The summed E-state index contributed by atoms with van der Waals surface area (Å²) >= 11 is 0. The lowest BCUT2D eigenvalue weighted by Crippen LogP contribution is -1.83. The van der Waals surface area contributed by atoms with Crippen molar-refractivity contribution in [3.63, 3.8) is 0 Å². The van der Waals surface area contributed by atoms with Gasteiger partial charge in [0.1, 0.15) is 0 Å². The fourth-order valence-electron chi connectivity index (χ4n) is 0.444. The molecule has 2 rings (SSSR count). The van der Waals surface area contributed by atoms with E-state index < -0.39 is 0 Å². The molecule has 11 heavy (non-hydrogen) atoms. The molecule has 6 heteroatoms. The first-order valence-corrected chi connectivity index (χ1v) is 2.95. The number of H-pyrrole nitrogens is 2. The molecule has 0 atom stereocenters. The van der Waals surface area contributed by atoms with Crippen LogP contribution in [0.1, 0.15) is 0 Å². The summed E-state index contributed by atoms with van der Waals surface area (Å²) in [4.78, 5) is 6.31. The number of nitrogens with two attached hydrogens (primary N) is 1. The SMILES string of the molecule is Nc1ncc[nH]1.c1c[nH]nn1. The Labute approximate surface area is 62.8 Å². The highest BCUT2D eigenvalue weighted by Gasteiger charge is 1.74. The highest BCUT2D eigenvalue weighted by Crippen LogP contribution is 1.81. The second-order valence-electron chi connectivity index (χ2n) is 1.63. The summed E-state index contributed by atoms with van der Waals surface area (Å²) in [5, 5.41) is 9.26. The first-order chi connectivity index (χ1) is 5.39. The third-order valence-electron chi connectivity index (χ3n) is 0.851. The average Bonchev–Trinajstić information content (AvgIpc) is 2.57. The maximum absolute atomic E-state index is 5.11. The summed E-state index contributed by atoms with van der Waals surface area (Å²) in [5.41, 5.74) is 5.11. The van der Waals surface area contributed by atoms with Gasteiger partial charge in [-0.15, -0.1) is 5.10 Å². The predicted octanol–water partition coefficient (Wildman–Crippen LogP) is -0.203. The molecular formula is C5H8N6. The number of nitrogens with zero attached hydrogens (tertiary/aromatic N) is 3. The van der Waals surface area contributed by atoms with Crippen molar-refractivity contribution in [2.24, 2.45) is 0 Å². The van der Waals surface area contributed by atoms with Crippen LogP contribution in [-0.4, -0.2) is 25.4 Å². The van der Waals surface area contributed by atoms with E-state index in [0.29, 0.717) is 5.95 Å². The highest BCUT2D eigenvalue weighted by atomic mass is 15.3. The van der Waals surface area contributed by atoms with E-state index >= 15 is 0 Å². The molecule has 0 aliphatic carbocycles. The Kier molecular flexibility index (Phi) is 2.67. The zero-order chi connectivity index (χ0) is 7.94. The van der Waals surface area contributed by atoms with E-state index in [9.17, 15) is 0 Å². The zero-order valence-electron chi connectivity index (χ0n) is 5.73. The van der Waals surface area contributed by atoms with E-state index in [1.165, 1.54) is 0 Å². The van der Waals surface area contributed by atoms with E-state index in [1.807, 2.05) is 0 Å². The van der Waals surface area contributed by atoms with Gasteiger partial charge in [0.05, 0.1) is 6.20 Å². The minimum absolute atomic E-state index is 0.468. The first kappa shape index (κ1) is 7.26. The van der Waals surface area contributed by atoms with Crippen molar-refractivity contribution in [3.05, 3.63) is 24.8 Å². The molecule has 0 saturated carbocycles. The van der Waals surface area contributed by atoms with Crippen LogP contribution in [0.4, 0.5) is 5.95 Å². The van der Waals surface area contributed by atoms with Gasteiger partial charge < -0.3 is 10.7 Å². The third-order valence-corrected chi connectivity index (χ3v) is 0.851. The van der Waals surface area contributed by atoms with Crippen molar-refractivity contribution in [1.82, 2.24) is 25.4 Å². The van der Waals surface area contributed by atoms with Crippen molar-refractivity contribution in [2.75, 3.05) is 5.73 Å². The molecule has 0 aromatic carbocycles. The average molecular weight is 152 g/mol. The van der Waals surface area contributed by atoms with Crippen LogP contribution in [-0.2, 0) is 0 Å². The van der Waals surface area contributed by atoms with Crippen molar-refractivity contribution in [1.29, 1.82) is 0 Å². The van der Waals surface area contributed by atoms with E-state index in [1.54, 1.807) is 24.8 Å². The zero-order valence-corrected chi connectivity index (χ0v) is 5.73. The minimum atomic E-state index is 0.468. The summed E-state index contributed by atoms with van der Waals surface area (Å²) in [6, 6.07) is 0. The van der Waals surface area contributed by atoms with Crippen LogP contribution in [0.2, 0.25) is 0 Å². The van der Waals surface area contributed by atoms with Crippen LogP contribution in [0.25, 0.3) is 0 Å². The van der Waals surface area contributed by atoms with E-state index in [0.717, 1.165) is 0 Å². The summed E-state index contributed by atoms with van der Waals surface area (Å²) < 4.78 is 0. The van der Waals surface area contributed by atoms with Gasteiger partial charge in [0.25, 0.3) is 0 Å². The smallest absolute Gasteiger partial charge is 0.197 e. The molecule has 0 spiro atoms. The molecule has 0 fully saturated rings. The Morgan fingerprint density at radius 2 is 2.18 bits per heavy atom. The second-order valence-corrected chi connectivity index (χ2v) is 1.63. The largest absolute Gasteiger partial charge is 0.369 e. The van der Waals surface area contributed by atoms with Gasteiger partial charge in [-0.2, -0.15) is 0 Å². The number of aromatic nitrogens is 5. The number of hydrogen-bond donors (Lipinski definition) is 3. The monoisotopic (exact) mass is 152 g/mol. The Bertz CT molecular complexity index is 229. The number of rotatable bonds is 0. The molecule has 6 nitrogen and oxygen atoms in total. The molecule has 0 saturated heterocycles. The molecule has 4 N–H and O–H groups in total. The number of hydrogen-bond acceptors (Lipinski definition) is 4.